The fourth-order valence-electron chi connectivity index (χ4n) is 2.64. The number of methoxy groups -OCH3 is 2. The summed E-state index contributed by atoms with van der Waals surface area (Å²) >= 11 is 6.21. The van der Waals surface area contributed by atoms with Crippen LogP contribution in [0.2, 0.25) is 5.02 Å². The number of halogens is 1. The van der Waals surface area contributed by atoms with Crippen molar-refractivity contribution in [1.29, 1.82) is 0 Å². The molecule has 2 heterocycles. The predicted octanol–water partition coefficient (Wildman–Crippen LogP) is 3.60. The molecule has 0 aliphatic carbocycles. The van der Waals surface area contributed by atoms with Gasteiger partial charge < -0.3 is 14.8 Å². The van der Waals surface area contributed by atoms with E-state index in [-0.39, 0.29) is 17.1 Å². The molecule has 0 unspecified atom stereocenters. The van der Waals surface area contributed by atoms with Crippen molar-refractivity contribution in [3.63, 3.8) is 0 Å². The molecule has 0 saturated heterocycles. The number of nitro groups is 1. The van der Waals surface area contributed by atoms with Crippen molar-refractivity contribution in [3.8, 4) is 5.88 Å². The van der Waals surface area contributed by atoms with Gasteiger partial charge in [-0.3, -0.25) is 10.1 Å². The maximum atomic E-state index is 11.9. The molecule has 1 N–H and O–H groups in total. The lowest BCUT2D eigenvalue weighted by molar-refractivity contribution is -0.385. The molecule has 0 saturated carbocycles. The molecule has 0 aliphatic rings. The van der Waals surface area contributed by atoms with Gasteiger partial charge >= 0.3 is 5.97 Å². The zero-order valence-corrected chi connectivity index (χ0v) is 15.7. The highest BCUT2D eigenvalue weighted by molar-refractivity contribution is 6.31. The zero-order chi connectivity index (χ0) is 20.3. The second-order valence-corrected chi connectivity index (χ2v) is 6.12. The van der Waals surface area contributed by atoms with Crippen molar-refractivity contribution in [2.24, 2.45) is 0 Å². The van der Waals surface area contributed by atoms with Crippen LogP contribution in [0.1, 0.15) is 15.9 Å². The first-order chi connectivity index (χ1) is 13.4. The summed E-state index contributed by atoms with van der Waals surface area (Å²) in [4.78, 5) is 30.6. The molecule has 9 nitrogen and oxygen atoms in total. The molecular formula is C18H15ClN4O5. The quantitative estimate of drug-likeness (QED) is 0.377. The number of pyridine rings is 2. The zero-order valence-electron chi connectivity index (χ0n) is 14.9. The molecule has 0 bridgehead atoms. The number of esters is 1. The Morgan fingerprint density at radius 3 is 2.68 bits per heavy atom. The second kappa shape index (κ2) is 8.05. The van der Waals surface area contributed by atoms with Crippen LogP contribution in [0.5, 0.6) is 5.88 Å². The molecule has 2 aromatic heterocycles. The van der Waals surface area contributed by atoms with Crippen molar-refractivity contribution in [3.05, 3.63) is 62.8 Å². The van der Waals surface area contributed by atoms with Crippen LogP contribution in [0, 0.1) is 10.1 Å². The van der Waals surface area contributed by atoms with Gasteiger partial charge in [0, 0.05) is 23.0 Å². The fraction of sp³-hybridized carbons (Fsp3) is 0.167. The number of rotatable bonds is 6. The van der Waals surface area contributed by atoms with Crippen molar-refractivity contribution < 1.29 is 19.2 Å². The van der Waals surface area contributed by atoms with Crippen LogP contribution >= 0.6 is 11.6 Å². The third kappa shape index (κ3) is 3.94. The Balaban J connectivity index is 1.96. The molecule has 0 amide bonds. The minimum absolute atomic E-state index is 0.0968. The number of anilines is 1. The number of carbonyl (C=O) groups excluding carboxylic acids is 1. The molecule has 28 heavy (non-hydrogen) atoms. The van der Waals surface area contributed by atoms with Crippen LogP contribution in [0.15, 0.2) is 36.5 Å². The van der Waals surface area contributed by atoms with Gasteiger partial charge in [-0.2, -0.15) is 0 Å². The third-order valence-corrected chi connectivity index (χ3v) is 4.16. The Kier molecular flexibility index (Phi) is 5.55. The summed E-state index contributed by atoms with van der Waals surface area (Å²) in [6.45, 7) is 0.301. The lowest BCUT2D eigenvalue weighted by Crippen LogP contribution is -2.07. The first-order valence-electron chi connectivity index (χ1n) is 8.02. The van der Waals surface area contributed by atoms with Gasteiger partial charge in [0.15, 0.2) is 0 Å². The average Bonchev–Trinajstić information content (AvgIpc) is 2.70. The van der Waals surface area contributed by atoms with E-state index in [1.807, 2.05) is 0 Å². The minimum atomic E-state index is -0.569. The highest BCUT2D eigenvalue weighted by atomic mass is 35.5. The molecule has 3 aromatic rings. The van der Waals surface area contributed by atoms with E-state index in [0.717, 1.165) is 5.56 Å². The van der Waals surface area contributed by atoms with Crippen molar-refractivity contribution in [2.75, 3.05) is 19.5 Å². The molecule has 3 rings (SSSR count). The first-order valence-corrected chi connectivity index (χ1v) is 8.40. The van der Waals surface area contributed by atoms with Gasteiger partial charge in [0.25, 0.3) is 5.69 Å². The van der Waals surface area contributed by atoms with E-state index < -0.39 is 10.9 Å². The van der Waals surface area contributed by atoms with E-state index in [1.54, 1.807) is 18.2 Å². The monoisotopic (exact) mass is 402 g/mol. The number of fused-ring (bicyclic) bond motifs is 1. The number of hydrogen-bond donors (Lipinski definition) is 1. The number of hydrogen-bond acceptors (Lipinski definition) is 8. The van der Waals surface area contributed by atoms with E-state index >= 15 is 0 Å². The van der Waals surface area contributed by atoms with E-state index in [4.69, 9.17) is 21.1 Å². The molecule has 0 radical (unpaired) electrons. The Hall–Kier alpha value is -3.46. The summed E-state index contributed by atoms with van der Waals surface area (Å²) in [6.07, 6.45) is 1.17. The molecule has 0 fully saturated rings. The van der Waals surface area contributed by atoms with Gasteiger partial charge in [-0.05, 0) is 29.8 Å². The Labute approximate surface area is 164 Å². The third-order valence-electron chi connectivity index (χ3n) is 3.94. The summed E-state index contributed by atoms with van der Waals surface area (Å²) in [5, 5.41) is 14.9. The standard InChI is InChI=1S/C18H15ClN4O5/c1-27-17-14(18(24)28-2)7-10-5-12(19)6-11(16(10)22-17)8-20-15-4-3-13(9-21-15)23(25)26/h3-7,9H,8H2,1-2H3,(H,20,21). The van der Waals surface area contributed by atoms with Gasteiger partial charge in [-0.15, -0.1) is 0 Å². The molecule has 10 heteroatoms. The Bertz CT molecular complexity index is 1060. The minimum Gasteiger partial charge on any atom is -0.480 e. The Morgan fingerprint density at radius 1 is 1.29 bits per heavy atom. The summed E-state index contributed by atoms with van der Waals surface area (Å²) in [6, 6.07) is 7.88. The normalized spacial score (nSPS) is 10.5. The lowest BCUT2D eigenvalue weighted by Gasteiger charge is -2.12. The number of ether oxygens (including phenoxy) is 2. The summed E-state index contributed by atoms with van der Waals surface area (Å²) in [7, 11) is 2.69. The van der Waals surface area contributed by atoms with Gasteiger partial charge in [0.1, 0.15) is 17.6 Å². The van der Waals surface area contributed by atoms with Crippen molar-refractivity contribution in [1.82, 2.24) is 9.97 Å². The van der Waals surface area contributed by atoms with Gasteiger partial charge in [-0.1, -0.05) is 11.6 Å². The summed E-state index contributed by atoms with van der Waals surface area (Å²) < 4.78 is 9.98. The molecule has 144 valence electrons. The molecular weight excluding hydrogens is 388 g/mol. The number of carbonyl (C=O) groups is 1. The fourth-order valence-corrected chi connectivity index (χ4v) is 2.88. The van der Waals surface area contributed by atoms with E-state index in [9.17, 15) is 14.9 Å². The van der Waals surface area contributed by atoms with E-state index in [0.29, 0.717) is 28.3 Å². The largest absolute Gasteiger partial charge is 0.480 e. The number of nitrogens with zero attached hydrogens (tertiary/aromatic N) is 3. The highest BCUT2D eigenvalue weighted by Crippen LogP contribution is 2.29. The van der Waals surface area contributed by atoms with Gasteiger partial charge in [0.2, 0.25) is 5.88 Å². The smallest absolute Gasteiger partial charge is 0.343 e. The van der Waals surface area contributed by atoms with Crippen LogP contribution in [-0.2, 0) is 11.3 Å². The van der Waals surface area contributed by atoms with Gasteiger partial charge in [0.05, 0.1) is 24.7 Å². The summed E-state index contributed by atoms with van der Waals surface area (Å²) in [5.74, 6) is 0.0224. The van der Waals surface area contributed by atoms with Crippen LogP contribution in [0.3, 0.4) is 0 Å². The maximum absolute atomic E-state index is 11.9. The average molecular weight is 403 g/mol. The maximum Gasteiger partial charge on any atom is 0.343 e. The topological polar surface area (TPSA) is 116 Å². The van der Waals surface area contributed by atoms with E-state index in [1.165, 1.54) is 32.5 Å². The van der Waals surface area contributed by atoms with Crippen molar-refractivity contribution in [2.45, 2.75) is 6.54 Å². The van der Waals surface area contributed by atoms with Gasteiger partial charge in [-0.25, -0.2) is 14.8 Å². The summed E-state index contributed by atoms with van der Waals surface area (Å²) in [5.41, 5.74) is 1.41. The SMILES string of the molecule is COC(=O)c1cc2cc(Cl)cc(CNc3ccc([N+](=O)[O-])cn3)c2nc1OC. The first kappa shape index (κ1) is 19.3. The number of aromatic nitrogens is 2. The van der Waals surface area contributed by atoms with Crippen LogP contribution in [-0.4, -0.2) is 35.1 Å². The molecule has 0 atom stereocenters. The molecule has 0 aliphatic heterocycles. The second-order valence-electron chi connectivity index (χ2n) is 5.69. The van der Waals surface area contributed by atoms with Crippen LogP contribution in [0.25, 0.3) is 10.9 Å². The van der Waals surface area contributed by atoms with Crippen LogP contribution < -0.4 is 10.1 Å². The molecule has 1 aromatic carbocycles. The Morgan fingerprint density at radius 2 is 2.07 bits per heavy atom. The van der Waals surface area contributed by atoms with E-state index in [2.05, 4.69) is 15.3 Å². The van der Waals surface area contributed by atoms with Crippen molar-refractivity contribution >= 4 is 40.0 Å². The number of benzene rings is 1. The number of nitrogens with one attached hydrogen (secondary N) is 1. The molecule has 0 spiro atoms. The highest BCUT2D eigenvalue weighted by Gasteiger charge is 2.17. The van der Waals surface area contributed by atoms with Crippen LogP contribution in [0.4, 0.5) is 11.5 Å². The lowest BCUT2D eigenvalue weighted by atomic mass is 10.1. The predicted molar refractivity (Wildman–Crippen MR) is 103 cm³/mol.